The van der Waals surface area contributed by atoms with E-state index in [4.69, 9.17) is 29.2 Å². The molecule has 0 heterocycles. The fourth-order valence-electron chi connectivity index (χ4n) is 3.78. The summed E-state index contributed by atoms with van der Waals surface area (Å²) in [6, 6.07) is 16.5. The number of carbonyl (C=O) groups excluding carboxylic acids is 1. The molecule has 9 nitrogen and oxygen atoms in total. The molecule has 9 heteroatoms. The number of benzene rings is 3. The van der Waals surface area contributed by atoms with E-state index in [9.17, 15) is 4.79 Å². The average molecular weight is 504 g/mol. The molecular weight excluding hydrogens is 474 g/mol. The van der Waals surface area contributed by atoms with Crippen LogP contribution < -0.4 is 18.9 Å². The Labute approximate surface area is 215 Å². The van der Waals surface area contributed by atoms with Crippen molar-refractivity contribution in [1.29, 1.82) is 0 Å². The van der Waals surface area contributed by atoms with Crippen LogP contribution in [0.25, 0.3) is 22.6 Å². The fourth-order valence-corrected chi connectivity index (χ4v) is 3.78. The summed E-state index contributed by atoms with van der Waals surface area (Å²) < 4.78 is 27.1. The van der Waals surface area contributed by atoms with Crippen molar-refractivity contribution in [1.82, 2.24) is 0 Å². The molecule has 3 rings (SSSR count). The van der Waals surface area contributed by atoms with Crippen molar-refractivity contribution in [2.75, 3.05) is 35.0 Å². The quantitative estimate of drug-likeness (QED) is 0.0962. The summed E-state index contributed by atoms with van der Waals surface area (Å²) in [6.45, 7) is 0.167. The van der Waals surface area contributed by atoms with Gasteiger partial charge in [0.15, 0.2) is 11.5 Å². The average Bonchev–Trinajstić information content (AvgIpc) is 2.92. The summed E-state index contributed by atoms with van der Waals surface area (Å²) in [7, 11) is 6.25. The number of nitrogens with zero attached hydrogens (tertiary/aromatic N) is 3. The summed E-state index contributed by atoms with van der Waals surface area (Å²) >= 11 is 0. The zero-order chi connectivity index (χ0) is 26.6. The Morgan fingerprint density at radius 2 is 1.51 bits per heavy atom. The van der Waals surface area contributed by atoms with Crippen molar-refractivity contribution in [3.05, 3.63) is 87.3 Å². The van der Waals surface area contributed by atoms with E-state index >= 15 is 0 Å². The highest BCUT2D eigenvalue weighted by atomic mass is 16.5. The van der Waals surface area contributed by atoms with Crippen LogP contribution in [0.3, 0.4) is 0 Å². The van der Waals surface area contributed by atoms with Crippen LogP contribution in [-0.2, 0) is 22.4 Å². The molecule has 0 fully saturated rings. The first-order chi connectivity index (χ1) is 18.0. The minimum Gasteiger partial charge on any atom is -0.496 e. The SMILES string of the molecule is COc1ccc(/C=C/c2cc(OC)c(OC)c(OC)c2)cc1CC(=O)OCCc1ccccc1N=[N+]=[N-]. The van der Waals surface area contributed by atoms with Gasteiger partial charge in [-0.2, -0.15) is 0 Å². The van der Waals surface area contributed by atoms with E-state index < -0.39 is 0 Å². The largest absolute Gasteiger partial charge is 0.496 e. The fraction of sp³-hybridized carbons (Fsp3) is 0.250. The highest BCUT2D eigenvalue weighted by molar-refractivity contribution is 5.76. The standard InChI is InChI=1S/C28H29N3O6/c1-33-24-12-11-19(9-10-20-16-25(34-2)28(36-4)26(17-20)35-3)15-22(24)18-27(32)37-14-13-21-7-5-6-8-23(21)30-31-29/h5-12,15-17H,13-14,18H2,1-4H3/b10-9+. The maximum atomic E-state index is 12.6. The number of esters is 1. The van der Waals surface area contributed by atoms with Gasteiger partial charge in [-0.1, -0.05) is 47.6 Å². The van der Waals surface area contributed by atoms with E-state index in [1.54, 1.807) is 40.6 Å². The second-order valence-electron chi connectivity index (χ2n) is 7.83. The molecule has 0 N–H and O–H groups in total. The lowest BCUT2D eigenvalue weighted by Gasteiger charge is -2.13. The van der Waals surface area contributed by atoms with Gasteiger partial charge in [0.2, 0.25) is 5.75 Å². The zero-order valence-electron chi connectivity index (χ0n) is 21.3. The number of rotatable bonds is 12. The van der Waals surface area contributed by atoms with Gasteiger partial charge >= 0.3 is 5.97 Å². The zero-order valence-corrected chi connectivity index (χ0v) is 21.3. The van der Waals surface area contributed by atoms with E-state index in [0.29, 0.717) is 40.7 Å². The maximum Gasteiger partial charge on any atom is 0.310 e. The summed E-state index contributed by atoms with van der Waals surface area (Å²) in [5.41, 5.74) is 12.5. The molecule has 0 radical (unpaired) electrons. The molecule has 3 aromatic rings. The number of carbonyl (C=O) groups is 1. The highest BCUT2D eigenvalue weighted by Crippen LogP contribution is 2.38. The van der Waals surface area contributed by atoms with Crippen LogP contribution in [0.2, 0.25) is 0 Å². The topological polar surface area (TPSA) is 112 Å². The minimum absolute atomic E-state index is 0.0486. The van der Waals surface area contributed by atoms with Crippen LogP contribution in [0, 0.1) is 0 Å². The van der Waals surface area contributed by atoms with Crippen molar-refractivity contribution in [2.45, 2.75) is 12.8 Å². The molecule has 0 spiro atoms. The number of ether oxygens (including phenoxy) is 5. The van der Waals surface area contributed by atoms with Crippen LogP contribution in [0.4, 0.5) is 5.69 Å². The molecule has 192 valence electrons. The molecule has 0 aromatic heterocycles. The van der Waals surface area contributed by atoms with Crippen LogP contribution in [0.15, 0.2) is 59.7 Å². The molecule has 0 aliphatic rings. The third-order valence-corrected chi connectivity index (χ3v) is 5.57. The van der Waals surface area contributed by atoms with Crippen LogP contribution >= 0.6 is 0 Å². The molecule has 37 heavy (non-hydrogen) atoms. The van der Waals surface area contributed by atoms with Crippen molar-refractivity contribution in [3.8, 4) is 23.0 Å². The van der Waals surface area contributed by atoms with Gasteiger partial charge < -0.3 is 23.7 Å². The second kappa shape index (κ2) is 13.5. The highest BCUT2D eigenvalue weighted by Gasteiger charge is 2.13. The third-order valence-electron chi connectivity index (χ3n) is 5.57. The van der Waals surface area contributed by atoms with Gasteiger partial charge in [-0.15, -0.1) is 0 Å². The van der Waals surface area contributed by atoms with E-state index in [-0.39, 0.29) is 19.0 Å². The lowest BCUT2D eigenvalue weighted by molar-refractivity contribution is -0.142. The Kier molecular flexibility index (Phi) is 9.82. The predicted octanol–water partition coefficient (Wildman–Crippen LogP) is 6.16. The summed E-state index contributed by atoms with van der Waals surface area (Å²) in [6.07, 6.45) is 4.32. The lowest BCUT2D eigenvalue weighted by Crippen LogP contribution is -2.11. The second-order valence-corrected chi connectivity index (χ2v) is 7.83. The number of azide groups is 1. The van der Waals surface area contributed by atoms with Gasteiger partial charge in [-0.05, 0) is 46.5 Å². The number of hydrogen-bond acceptors (Lipinski definition) is 7. The number of methoxy groups -OCH3 is 4. The van der Waals surface area contributed by atoms with Gasteiger partial charge in [0.1, 0.15) is 5.75 Å². The Morgan fingerprint density at radius 3 is 2.16 bits per heavy atom. The van der Waals surface area contributed by atoms with E-state index in [0.717, 1.165) is 16.7 Å². The molecule has 0 amide bonds. The van der Waals surface area contributed by atoms with Crippen molar-refractivity contribution in [3.63, 3.8) is 0 Å². The van der Waals surface area contributed by atoms with Crippen molar-refractivity contribution < 1.29 is 28.5 Å². The molecule has 0 unspecified atom stereocenters. The lowest BCUT2D eigenvalue weighted by atomic mass is 10.0. The Balaban J connectivity index is 1.70. The summed E-state index contributed by atoms with van der Waals surface area (Å²) in [5.74, 6) is 1.85. The Morgan fingerprint density at radius 1 is 0.838 bits per heavy atom. The molecule has 0 aliphatic heterocycles. The van der Waals surface area contributed by atoms with Gasteiger partial charge in [0.25, 0.3) is 0 Å². The van der Waals surface area contributed by atoms with E-state index in [2.05, 4.69) is 10.0 Å². The van der Waals surface area contributed by atoms with E-state index in [1.807, 2.05) is 54.6 Å². The Hall–Kier alpha value is -4.62. The van der Waals surface area contributed by atoms with Gasteiger partial charge in [0.05, 0.1) is 41.5 Å². The molecule has 0 saturated heterocycles. The van der Waals surface area contributed by atoms with Gasteiger partial charge in [-0.3, -0.25) is 4.79 Å². The number of hydrogen-bond donors (Lipinski definition) is 0. The first-order valence-corrected chi connectivity index (χ1v) is 11.5. The van der Waals surface area contributed by atoms with Crippen LogP contribution in [-0.4, -0.2) is 41.0 Å². The first-order valence-electron chi connectivity index (χ1n) is 11.5. The third kappa shape index (κ3) is 7.19. The molecule has 0 aliphatic carbocycles. The predicted molar refractivity (Wildman–Crippen MR) is 142 cm³/mol. The van der Waals surface area contributed by atoms with Crippen molar-refractivity contribution in [2.24, 2.45) is 5.11 Å². The van der Waals surface area contributed by atoms with Crippen molar-refractivity contribution >= 4 is 23.8 Å². The molecular formula is C28H29N3O6. The summed E-state index contributed by atoms with van der Waals surface area (Å²) in [4.78, 5) is 15.4. The molecule has 3 aromatic carbocycles. The monoisotopic (exact) mass is 503 g/mol. The normalized spacial score (nSPS) is 10.5. The van der Waals surface area contributed by atoms with Gasteiger partial charge in [0, 0.05) is 22.6 Å². The molecule has 0 saturated carbocycles. The molecule has 0 atom stereocenters. The van der Waals surface area contributed by atoms with Crippen LogP contribution in [0.1, 0.15) is 22.3 Å². The van der Waals surface area contributed by atoms with E-state index in [1.165, 1.54) is 0 Å². The molecule has 0 bridgehead atoms. The minimum atomic E-state index is -0.384. The summed E-state index contributed by atoms with van der Waals surface area (Å²) in [5, 5.41) is 3.67. The smallest absolute Gasteiger partial charge is 0.310 e. The van der Waals surface area contributed by atoms with Crippen LogP contribution in [0.5, 0.6) is 23.0 Å². The first kappa shape index (κ1) is 27.0. The maximum absolute atomic E-state index is 12.6. The van der Waals surface area contributed by atoms with Gasteiger partial charge in [-0.25, -0.2) is 0 Å². The Bertz CT molecular complexity index is 1290.